The number of phenolic OH excluding ortho intramolecular Hbond substituents is 1. The predicted octanol–water partition coefficient (Wildman–Crippen LogP) is 3.25. The van der Waals surface area contributed by atoms with Crippen LogP contribution in [-0.2, 0) is 4.74 Å². The van der Waals surface area contributed by atoms with Gasteiger partial charge in [-0.3, -0.25) is 4.79 Å². The van der Waals surface area contributed by atoms with E-state index >= 15 is 0 Å². The van der Waals surface area contributed by atoms with Gasteiger partial charge in [0.2, 0.25) is 5.88 Å². The number of halogens is 1. The maximum atomic E-state index is 12.2. The number of aromatic hydroxyl groups is 1. The molecule has 1 amide bonds. The fraction of sp³-hybridized carbons (Fsp3) is 0.294. The van der Waals surface area contributed by atoms with Gasteiger partial charge in [-0.2, -0.15) is 0 Å². The smallest absolute Gasteiger partial charge is 0.257 e. The summed E-state index contributed by atoms with van der Waals surface area (Å²) in [5, 5.41) is 12.6. The summed E-state index contributed by atoms with van der Waals surface area (Å²) in [6.07, 6.45) is 2.99. The minimum Gasteiger partial charge on any atom is -0.506 e. The number of benzene rings is 1. The van der Waals surface area contributed by atoms with Gasteiger partial charge in [0.15, 0.2) is 0 Å². The van der Waals surface area contributed by atoms with Crippen molar-refractivity contribution in [2.24, 2.45) is 0 Å². The lowest BCUT2D eigenvalue weighted by Gasteiger charge is -2.23. The molecule has 3 rings (SSSR count). The molecule has 2 N–H and O–H groups in total. The molecule has 0 radical (unpaired) electrons. The topological polar surface area (TPSA) is 80.7 Å². The largest absolute Gasteiger partial charge is 0.506 e. The molecule has 0 atom stereocenters. The summed E-state index contributed by atoms with van der Waals surface area (Å²) in [6.45, 7) is 1.31. The number of nitrogens with one attached hydrogen (secondary N) is 1. The molecule has 0 spiro atoms. The Morgan fingerprint density at radius 1 is 1.33 bits per heavy atom. The summed E-state index contributed by atoms with van der Waals surface area (Å²) < 4.78 is 11.0. The number of pyridine rings is 1. The van der Waals surface area contributed by atoms with Crippen LogP contribution in [-0.4, -0.2) is 35.3 Å². The lowest BCUT2D eigenvalue weighted by Crippen LogP contribution is -2.26. The number of para-hydroxylation sites is 2. The van der Waals surface area contributed by atoms with Crippen molar-refractivity contribution in [1.29, 1.82) is 0 Å². The number of amides is 1. The third kappa shape index (κ3) is 3.96. The maximum absolute atomic E-state index is 12.2. The van der Waals surface area contributed by atoms with Crippen LogP contribution in [0.15, 0.2) is 36.5 Å². The third-order valence-electron chi connectivity index (χ3n) is 3.67. The van der Waals surface area contributed by atoms with E-state index in [0.29, 0.717) is 24.8 Å². The van der Waals surface area contributed by atoms with E-state index in [2.05, 4.69) is 10.3 Å². The predicted molar refractivity (Wildman–Crippen MR) is 89.8 cm³/mol. The van der Waals surface area contributed by atoms with Gasteiger partial charge in [-0.1, -0.05) is 23.7 Å². The number of carbonyl (C=O) groups is 1. The highest BCUT2D eigenvalue weighted by molar-refractivity contribution is 6.32. The van der Waals surface area contributed by atoms with Gasteiger partial charge in [-0.05, 0) is 18.2 Å². The van der Waals surface area contributed by atoms with Crippen molar-refractivity contribution in [2.75, 3.05) is 18.5 Å². The number of carbonyl (C=O) groups excluding carboxylic acids is 1. The monoisotopic (exact) mass is 348 g/mol. The Kier molecular flexibility index (Phi) is 5.17. The first kappa shape index (κ1) is 16.5. The zero-order valence-electron chi connectivity index (χ0n) is 12.9. The van der Waals surface area contributed by atoms with E-state index in [0.717, 1.165) is 12.8 Å². The van der Waals surface area contributed by atoms with E-state index in [-0.39, 0.29) is 22.4 Å². The van der Waals surface area contributed by atoms with Crippen LogP contribution < -0.4 is 10.1 Å². The van der Waals surface area contributed by atoms with Gasteiger partial charge in [0.25, 0.3) is 5.91 Å². The van der Waals surface area contributed by atoms with Crippen LogP contribution in [0.3, 0.4) is 0 Å². The summed E-state index contributed by atoms with van der Waals surface area (Å²) in [7, 11) is 0. The second-order valence-electron chi connectivity index (χ2n) is 5.41. The Labute approximate surface area is 144 Å². The Bertz CT molecular complexity index is 732. The first-order valence-corrected chi connectivity index (χ1v) is 8.00. The lowest BCUT2D eigenvalue weighted by molar-refractivity contribution is 0.0238. The van der Waals surface area contributed by atoms with Crippen LogP contribution in [0, 0.1) is 0 Å². The molecule has 6 nitrogen and oxygen atoms in total. The average Bonchev–Trinajstić information content (AvgIpc) is 2.59. The molecule has 1 saturated heterocycles. The van der Waals surface area contributed by atoms with Gasteiger partial charge in [0.05, 0.1) is 24.5 Å². The molecule has 1 aliphatic heterocycles. The standard InChI is InChI=1S/C17H17ClN2O4/c18-13-9-11(16(22)20-14-3-1-2-4-15(14)21)10-19-17(13)24-12-5-7-23-8-6-12/h1-4,9-10,12,21H,5-8H2,(H,20,22). The van der Waals surface area contributed by atoms with Gasteiger partial charge in [0.1, 0.15) is 16.9 Å². The molecule has 0 unspecified atom stereocenters. The first-order valence-electron chi connectivity index (χ1n) is 7.63. The van der Waals surface area contributed by atoms with Gasteiger partial charge < -0.3 is 19.9 Å². The molecule has 0 bridgehead atoms. The van der Waals surface area contributed by atoms with E-state index in [4.69, 9.17) is 21.1 Å². The fourth-order valence-corrected chi connectivity index (χ4v) is 2.57. The van der Waals surface area contributed by atoms with Crippen molar-refractivity contribution >= 4 is 23.2 Å². The highest BCUT2D eigenvalue weighted by Gasteiger charge is 2.18. The molecule has 2 aromatic rings. The second kappa shape index (κ2) is 7.51. The van der Waals surface area contributed by atoms with Crippen molar-refractivity contribution in [3.8, 4) is 11.6 Å². The number of phenols is 1. The summed E-state index contributed by atoms with van der Waals surface area (Å²) in [5.41, 5.74) is 0.601. The first-order chi connectivity index (χ1) is 11.6. The van der Waals surface area contributed by atoms with Crippen LogP contribution in [0.1, 0.15) is 23.2 Å². The summed E-state index contributed by atoms with van der Waals surface area (Å²) in [4.78, 5) is 16.4. The van der Waals surface area contributed by atoms with Crippen LogP contribution in [0.4, 0.5) is 5.69 Å². The van der Waals surface area contributed by atoms with Crippen molar-refractivity contribution < 1.29 is 19.4 Å². The van der Waals surface area contributed by atoms with Gasteiger partial charge in [-0.15, -0.1) is 0 Å². The number of hydrogen-bond donors (Lipinski definition) is 2. The molecule has 1 aromatic heterocycles. The molecule has 7 heteroatoms. The SMILES string of the molecule is O=C(Nc1ccccc1O)c1cnc(OC2CCOCC2)c(Cl)c1. The van der Waals surface area contributed by atoms with E-state index in [1.165, 1.54) is 18.3 Å². The zero-order chi connectivity index (χ0) is 16.9. The Balaban J connectivity index is 1.69. The van der Waals surface area contributed by atoms with Gasteiger partial charge >= 0.3 is 0 Å². The van der Waals surface area contributed by atoms with Crippen molar-refractivity contribution in [3.63, 3.8) is 0 Å². The van der Waals surface area contributed by atoms with Crippen molar-refractivity contribution in [2.45, 2.75) is 18.9 Å². The van der Waals surface area contributed by atoms with E-state index < -0.39 is 5.91 Å². The molecule has 24 heavy (non-hydrogen) atoms. The van der Waals surface area contributed by atoms with Crippen LogP contribution in [0.5, 0.6) is 11.6 Å². The Hall–Kier alpha value is -2.31. The van der Waals surface area contributed by atoms with Crippen LogP contribution in [0.25, 0.3) is 0 Å². The molecule has 0 saturated carbocycles. The number of rotatable bonds is 4. The highest BCUT2D eigenvalue weighted by Crippen LogP contribution is 2.27. The highest BCUT2D eigenvalue weighted by atomic mass is 35.5. The normalized spacial score (nSPS) is 15.0. The van der Waals surface area contributed by atoms with E-state index in [1.54, 1.807) is 18.2 Å². The van der Waals surface area contributed by atoms with Crippen LogP contribution >= 0.6 is 11.6 Å². The molecule has 2 heterocycles. The molecule has 1 aliphatic rings. The third-order valence-corrected chi connectivity index (χ3v) is 3.94. The zero-order valence-corrected chi connectivity index (χ0v) is 13.6. The second-order valence-corrected chi connectivity index (χ2v) is 5.82. The lowest BCUT2D eigenvalue weighted by atomic mass is 10.1. The number of nitrogens with zero attached hydrogens (tertiary/aromatic N) is 1. The van der Waals surface area contributed by atoms with Crippen molar-refractivity contribution in [1.82, 2.24) is 4.98 Å². The van der Waals surface area contributed by atoms with Crippen molar-refractivity contribution in [3.05, 3.63) is 47.1 Å². The van der Waals surface area contributed by atoms with E-state index in [9.17, 15) is 9.90 Å². The molecule has 1 fully saturated rings. The molecular weight excluding hydrogens is 332 g/mol. The quantitative estimate of drug-likeness (QED) is 0.829. The molecular formula is C17H17ClN2O4. The van der Waals surface area contributed by atoms with E-state index in [1.807, 2.05) is 0 Å². The van der Waals surface area contributed by atoms with Gasteiger partial charge in [-0.25, -0.2) is 4.98 Å². The Morgan fingerprint density at radius 2 is 2.08 bits per heavy atom. The summed E-state index contributed by atoms with van der Waals surface area (Å²) in [6, 6.07) is 7.98. The van der Waals surface area contributed by atoms with Crippen LogP contribution in [0.2, 0.25) is 5.02 Å². The number of hydrogen-bond acceptors (Lipinski definition) is 5. The maximum Gasteiger partial charge on any atom is 0.257 e. The summed E-state index contributed by atoms with van der Waals surface area (Å²) >= 11 is 6.18. The Morgan fingerprint density at radius 3 is 2.79 bits per heavy atom. The fourth-order valence-electron chi connectivity index (χ4n) is 2.36. The number of anilines is 1. The van der Waals surface area contributed by atoms with Gasteiger partial charge in [0, 0.05) is 19.0 Å². The number of aromatic nitrogens is 1. The number of ether oxygens (including phenoxy) is 2. The average molecular weight is 349 g/mol. The minimum atomic E-state index is -0.413. The minimum absolute atomic E-state index is 0.00984. The molecule has 0 aliphatic carbocycles. The molecule has 126 valence electrons. The molecule has 1 aromatic carbocycles. The summed E-state index contributed by atoms with van der Waals surface area (Å²) in [5.74, 6) is -0.115.